The minimum atomic E-state index is 0.0219. The fraction of sp³-hybridized carbons (Fsp3) is 0.400. The number of aryl methyl sites for hydroxylation is 1. The molecule has 1 atom stereocenters. The summed E-state index contributed by atoms with van der Waals surface area (Å²) < 4.78 is 12.0. The fourth-order valence-corrected chi connectivity index (χ4v) is 5.08. The second-order valence-corrected chi connectivity index (χ2v) is 10.7. The summed E-state index contributed by atoms with van der Waals surface area (Å²) in [7, 11) is 0. The van der Waals surface area contributed by atoms with Crippen molar-refractivity contribution in [2.24, 2.45) is 0 Å². The van der Waals surface area contributed by atoms with Crippen molar-refractivity contribution in [2.75, 3.05) is 18.5 Å². The van der Waals surface area contributed by atoms with Gasteiger partial charge in [0.05, 0.1) is 19.3 Å². The largest absolute Gasteiger partial charge is 0.488 e. The number of thiazole rings is 1. The van der Waals surface area contributed by atoms with E-state index in [1.54, 1.807) is 29.4 Å². The molecule has 0 bridgehead atoms. The van der Waals surface area contributed by atoms with Gasteiger partial charge in [-0.2, -0.15) is 0 Å². The van der Waals surface area contributed by atoms with Crippen LogP contribution < -0.4 is 10.1 Å². The number of hydrogen-bond donors (Lipinski definition) is 1. The predicted molar refractivity (Wildman–Crippen MR) is 139 cm³/mol. The highest BCUT2D eigenvalue weighted by molar-refractivity contribution is 8.06. The van der Waals surface area contributed by atoms with Gasteiger partial charge in [0.15, 0.2) is 0 Å². The molecule has 3 aromatic rings. The number of anilines is 1. The minimum absolute atomic E-state index is 0.0219. The highest BCUT2D eigenvalue weighted by atomic mass is 32.2. The van der Waals surface area contributed by atoms with Crippen molar-refractivity contribution in [2.45, 2.75) is 52.7 Å². The zero-order valence-corrected chi connectivity index (χ0v) is 21.2. The zero-order valence-electron chi connectivity index (χ0n) is 19.6. The van der Waals surface area contributed by atoms with Crippen LogP contribution in [0.5, 0.6) is 5.75 Å². The van der Waals surface area contributed by atoms with Gasteiger partial charge in [-0.15, -0.1) is 11.3 Å². The van der Waals surface area contributed by atoms with Gasteiger partial charge in [-0.05, 0) is 44.7 Å². The van der Waals surface area contributed by atoms with Gasteiger partial charge in [0, 0.05) is 39.8 Å². The van der Waals surface area contributed by atoms with Crippen molar-refractivity contribution in [3.63, 3.8) is 0 Å². The van der Waals surface area contributed by atoms with Gasteiger partial charge in [0.2, 0.25) is 0 Å². The fourth-order valence-electron chi connectivity index (χ4n) is 3.56. The molecule has 1 aromatic carbocycles. The molecule has 1 unspecified atom stereocenters. The van der Waals surface area contributed by atoms with Gasteiger partial charge < -0.3 is 14.8 Å². The maximum atomic E-state index is 6.46. The first-order valence-electron chi connectivity index (χ1n) is 11.2. The number of hydrogen-bond acceptors (Lipinski definition) is 8. The Kier molecular flexibility index (Phi) is 7.67. The summed E-state index contributed by atoms with van der Waals surface area (Å²) in [5.74, 6) is 1.53. The van der Waals surface area contributed by atoms with Crippen LogP contribution in [0.4, 0.5) is 5.82 Å². The second-order valence-electron chi connectivity index (χ2n) is 8.13. The highest BCUT2D eigenvalue weighted by Crippen LogP contribution is 2.37. The van der Waals surface area contributed by atoms with Crippen LogP contribution in [0.3, 0.4) is 0 Å². The predicted octanol–water partition coefficient (Wildman–Crippen LogP) is 6.59. The average Bonchev–Trinajstić information content (AvgIpc) is 3.26. The summed E-state index contributed by atoms with van der Waals surface area (Å²) in [6, 6.07) is 4.18. The number of fused-ring (bicyclic) bond motifs is 1. The Morgan fingerprint density at radius 1 is 1.30 bits per heavy atom. The summed E-state index contributed by atoms with van der Waals surface area (Å²) >= 11 is 3.34. The normalized spacial score (nSPS) is 16.1. The number of benzene rings is 1. The standard InChI is InChI=1S/C25H30N4O2S2/c1-6-15(2)32-18(5)17(4)29-24-21-11-19(25-26-13-16(3)33-25)12-22(23(21)27-14-28-24)31-20-7-9-30-10-8-20/h6,11-14,17,20H,5,7-10H2,1-4H3,(H,27,28,29)/b15-6-. The monoisotopic (exact) mass is 482 g/mol. The molecule has 2 aromatic heterocycles. The van der Waals surface area contributed by atoms with Crippen LogP contribution >= 0.6 is 23.1 Å². The van der Waals surface area contributed by atoms with E-state index in [4.69, 9.17) is 9.47 Å². The molecule has 1 fully saturated rings. The van der Waals surface area contributed by atoms with Crippen molar-refractivity contribution in [3.8, 4) is 16.3 Å². The van der Waals surface area contributed by atoms with Crippen LogP contribution in [-0.4, -0.2) is 40.3 Å². The van der Waals surface area contributed by atoms with Crippen molar-refractivity contribution in [3.05, 3.63) is 52.0 Å². The van der Waals surface area contributed by atoms with Gasteiger partial charge in [-0.3, -0.25) is 0 Å². The minimum Gasteiger partial charge on any atom is -0.488 e. The molecular weight excluding hydrogens is 452 g/mol. The van der Waals surface area contributed by atoms with Crippen LogP contribution in [-0.2, 0) is 4.74 Å². The van der Waals surface area contributed by atoms with Crippen molar-refractivity contribution in [1.29, 1.82) is 0 Å². The van der Waals surface area contributed by atoms with Gasteiger partial charge >= 0.3 is 0 Å². The summed E-state index contributed by atoms with van der Waals surface area (Å²) in [5, 5.41) is 5.41. The Morgan fingerprint density at radius 2 is 2.09 bits per heavy atom. The van der Waals surface area contributed by atoms with Crippen LogP contribution in [0.2, 0.25) is 0 Å². The molecule has 174 valence electrons. The van der Waals surface area contributed by atoms with Crippen LogP contribution in [0, 0.1) is 6.92 Å². The molecule has 3 heterocycles. The van der Waals surface area contributed by atoms with Crippen LogP contribution in [0.1, 0.15) is 38.5 Å². The Morgan fingerprint density at radius 3 is 2.79 bits per heavy atom. The van der Waals surface area contributed by atoms with Crippen molar-refractivity contribution >= 4 is 39.8 Å². The number of rotatable bonds is 8. The van der Waals surface area contributed by atoms with E-state index in [1.807, 2.05) is 13.1 Å². The molecule has 0 amide bonds. The number of nitrogens with zero attached hydrogens (tertiary/aromatic N) is 3. The first-order valence-corrected chi connectivity index (χ1v) is 12.8. The van der Waals surface area contributed by atoms with E-state index in [0.29, 0.717) is 0 Å². The van der Waals surface area contributed by atoms with E-state index in [1.165, 1.54) is 9.78 Å². The van der Waals surface area contributed by atoms with Gasteiger partial charge in [0.1, 0.15) is 34.5 Å². The van der Waals surface area contributed by atoms with Crippen LogP contribution in [0.25, 0.3) is 21.5 Å². The summed E-state index contributed by atoms with van der Waals surface area (Å²) in [4.78, 5) is 17.2. The third kappa shape index (κ3) is 5.75. The second kappa shape index (κ2) is 10.7. The van der Waals surface area contributed by atoms with E-state index in [-0.39, 0.29) is 12.1 Å². The molecule has 4 rings (SSSR count). The van der Waals surface area contributed by atoms with Gasteiger partial charge in [-0.1, -0.05) is 24.4 Å². The first-order chi connectivity index (χ1) is 15.9. The molecule has 1 N–H and O–H groups in total. The topological polar surface area (TPSA) is 69.2 Å². The molecule has 0 spiro atoms. The lowest BCUT2D eigenvalue weighted by molar-refractivity contribution is 0.0261. The Labute approximate surface area is 203 Å². The van der Waals surface area contributed by atoms with E-state index in [9.17, 15) is 0 Å². The maximum Gasteiger partial charge on any atom is 0.146 e. The molecule has 33 heavy (non-hydrogen) atoms. The maximum absolute atomic E-state index is 6.46. The molecule has 8 heteroatoms. The lowest BCUT2D eigenvalue weighted by Crippen LogP contribution is -2.26. The molecule has 1 saturated heterocycles. The number of allylic oxidation sites excluding steroid dienone is 2. The summed E-state index contributed by atoms with van der Waals surface area (Å²) in [5.41, 5.74) is 1.80. The van der Waals surface area contributed by atoms with E-state index in [0.717, 1.165) is 64.0 Å². The molecule has 1 aliphatic rings. The summed E-state index contributed by atoms with van der Waals surface area (Å²) in [6.07, 6.45) is 7.43. The van der Waals surface area contributed by atoms with E-state index >= 15 is 0 Å². The van der Waals surface area contributed by atoms with Crippen LogP contribution in [0.15, 0.2) is 47.1 Å². The van der Waals surface area contributed by atoms with Gasteiger partial charge in [0.25, 0.3) is 0 Å². The molecule has 1 aliphatic heterocycles. The average molecular weight is 483 g/mol. The number of ether oxygens (including phenoxy) is 2. The van der Waals surface area contributed by atoms with E-state index < -0.39 is 0 Å². The highest BCUT2D eigenvalue weighted by Gasteiger charge is 2.20. The molecule has 0 radical (unpaired) electrons. The first kappa shape index (κ1) is 23.7. The Hall–Kier alpha value is -2.42. The third-order valence-corrected chi connectivity index (χ3v) is 7.70. The van der Waals surface area contributed by atoms with Gasteiger partial charge in [-0.25, -0.2) is 15.0 Å². The molecule has 0 aliphatic carbocycles. The lowest BCUT2D eigenvalue weighted by Gasteiger charge is -2.24. The third-order valence-electron chi connectivity index (χ3n) is 5.57. The number of aromatic nitrogens is 3. The lowest BCUT2D eigenvalue weighted by atomic mass is 10.1. The molecule has 6 nitrogen and oxygen atoms in total. The van der Waals surface area contributed by atoms with Crippen molar-refractivity contribution < 1.29 is 9.47 Å². The molecule has 0 saturated carbocycles. The quantitative estimate of drug-likeness (QED) is 0.388. The number of nitrogens with one attached hydrogen (secondary N) is 1. The van der Waals surface area contributed by atoms with Crippen molar-refractivity contribution in [1.82, 2.24) is 15.0 Å². The van der Waals surface area contributed by atoms with E-state index in [2.05, 4.69) is 65.8 Å². The Bertz CT molecular complexity index is 1170. The zero-order chi connectivity index (χ0) is 23.4. The SMILES string of the molecule is C=C(S/C(C)=C\C)C(C)Nc1ncnc2c(OC3CCOCC3)cc(-c3ncc(C)s3)cc12. The number of thioether (sulfide) groups is 1. The smallest absolute Gasteiger partial charge is 0.146 e. The molecular formula is C25H30N4O2S2. The Balaban J connectivity index is 1.73. The summed E-state index contributed by atoms with van der Waals surface area (Å²) in [6.45, 7) is 14.0.